The van der Waals surface area contributed by atoms with Gasteiger partial charge < -0.3 is 24.3 Å². The number of nitrogens with one attached hydrogen (secondary N) is 1. The molecule has 0 atom stereocenters. The normalized spacial score (nSPS) is 10.0. The van der Waals surface area contributed by atoms with E-state index in [1.807, 2.05) is 0 Å². The van der Waals surface area contributed by atoms with Gasteiger partial charge in [0.1, 0.15) is 9.45 Å². The minimum absolute atomic E-state index is 0.140. The van der Waals surface area contributed by atoms with Gasteiger partial charge in [-0.15, -0.1) is 0 Å². The third-order valence-electron chi connectivity index (χ3n) is 3.02. The van der Waals surface area contributed by atoms with Crippen molar-refractivity contribution in [3.8, 4) is 23.0 Å². The number of nitrogens with zero attached hydrogens (tertiary/aromatic N) is 1. The second-order valence-corrected chi connectivity index (χ2v) is 5.67. The predicted octanol–water partition coefficient (Wildman–Crippen LogP) is 2.73. The van der Waals surface area contributed by atoms with Gasteiger partial charge in [0.2, 0.25) is 5.75 Å². The molecule has 0 aliphatic heterocycles. The Balaban J connectivity index is 2.04. The van der Waals surface area contributed by atoms with Crippen LogP contribution in [0.15, 0.2) is 30.5 Å². The van der Waals surface area contributed by atoms with Crippen molar-refractivity contribution in [1.29, 1.82) is 0 Å². The van der Waals surface area contributed by atoms with E-state index in [-0.39, 0.29) is 12.5 Å². The second-order valence-electron chi connectivity index (χ2n) is 4.57. The molecule has 128 valence electrons. The first-order valence-corrected chi connectivity index (χ1v) is 7.99. The lowest BCUT2D eigenvalue weighted by Gasteiger charge is -2.14. The number of methoxy groups -OCH3 is 3. The van der Waals surface area contributed by atoms with Gasteiger partial charge in [0.05, 0.1) is 27.5 Å². The summed E-state index contributed by atoms with van der Waals surface area (Å²) in [5.41, 5.74) is 0.513. The fourth-order valence-corrected chi connectivity index (χ4v) is 2.27. The first kappa shape index (κ1) is 18.1. The zero-order valence-corrected chi connectivity index (χ0v) is 15.6. The Morgan fingerprint density at radius 1 is 1.12 bits per heavy atom. The summed E-state index contributed by atoms with van der Waals surface area (Å²) >= 11 is 2.09. The molecular formula is C16H17IN2O5. The number of hydrogen-bond acceptors (Lipinski definition) is 6. The van der Waals surface area contributed by atoms with Crippen LogP contribution in [0.5, 0.6) is 23.0 Å². The van der Waals surface area contributed by atoms with Crippen LogP contribution >= 0.6 is 22.6 Å². The zero-order valence-electron chi connectivity index (χ0n) is 13.5. The van der Waals surface area contributed by atoms with Gasteiger partial charge in [-0.2, -0.15) is 0 Å². The van der Waals surface area contributed by atoms with Crippen molar-refractivity contribution in [2.75, 3.05) is 33.3 Å². The maximum Gasteiger partial charge on any atom is 0.262 e. The summed E-state index contributed by atoms with van der Waals surface area (Å²) in [4.78, 5) is 16.1. The molecule has 0 bridgehead atoms. The molecular weight excluding hydrogens is 427 g/mol. The first-order valence-electron chi connectivity index (χ1n) is 6.91. The quantitative estimate of drug-likeness (QED) is 0.523. The average Bonchev–Trinajstić information content (AvgIpc) is 2.60. The van der Waals surface area contributed by atoms with Gasteiger partial charge >= 0.3 is 0 Å². The molecule has 1 heterocycles. The number of ether oxygens (including phenoxy) is 4. The molecule has 0 unspecified atom stereocenters. The van der Waals surface area contributed by atoms with Crippen LogP contribution in [0.1, 0.15) is 0 Å². The highest BCUT2D eigenvalue weighted by atomic mass is 127. The SMILES string of the molecule is COc1cc(NC(=O)COc2ccc(I)nc2)cc(OC)c1OC. The molecule has 0 saturated carbocycles. The molecule has 0 saturated heterocycles. The monoisotopic (exact) mass is 444 g/mol. The number of pyridine rings is 1. The summed E-state index contributed by atoms with van der Waals surface area (Å²) in [5, 5.41) is 2.72. The Morgan fingerprint density at radius 2 is 1.79 bits per heavy atom. The van der Waals surface area contributed by atoms with Crippen LogP contribution in [0.4, 0.5) is 5.69 Å². The van der Waals surface area contributed by atoms with Crippen LogP contribution in [0.3, 0.4) is 0 Å². The van der Waals surface area contributed by atoms with Gasteiger partial charge in [-0.05, 0) is 34.7 Å². The van der Waals surface area contributed by atoms with Crippen LogP contribution in [0.25, 0.3) is 0 Å². The number of hydrogen-bond donors (Lipinski definition) is 1. The molecule has 1 amide bonds. The summed E-state index contributed by atoms with van der Waals surface area (Å²) in [7, 11) is 4.53. The Kier molecular flexibility index (Phi) is 6.47. The Labute approximate surface area is 153 Å². The number of benzene rings is 1. The highest BCUT2D eigenvalue weighted by molar-refractivity contribution is 14.1. The van der Waals surface area contributed by atoms with Crippen molar-refractivity contribution in [1.82, 2.24) is 4.98 Å². The Bertz CT molecular complexity index is 681. The topological polar surface area (TPSA) is 78.9 Å². The van der Waals surface area contributed by atoms with Crippen LogP contribution in [0.2, 0.25) is 0 Å². The number of rotatable bonds is 7. The van der Waals surface area contributed by atoms with Crippen LogP contribution in [0, 0.1) is 3.70 Å². The third kappa shape index (κ3) is 4.63. The van der Waals surface area contributed by atoms with Crippen LogP contribution in [-0.4, -0.2) is 38.8 Å². The molecule has 7 nitrogen and oxygen atoms in total. The maximum atomic E-state index is 12.0. The fraction of sp³-hybridized carbons (Fsp3) is 0.250. The van der Waals surface area contributed by atoms with Crippen molar-refractivity contribution in [2.24, 2.45) is 0 Å². The number of carbonyl (C=O) groups is 1. The van der Waals surface area contributed by atoms with Gasteiger partial charge in [-0.1, -0.05) is 0 Å². The Hall–Kier alpha value is -2.23. The van der Waals surface area contributed by atoms with Gasteiger partial charge in [-0.25, -0.2) is 4.98 Å². The van der Waals surface area contributed by atoms with Gasteiger partial charge in [0.15, 0.2) is 18.1 Å². The lowest BCUT2D eigenvalue weighted by atomic mass is 10.2. The van der Waals surface area contributed by atoms with Crippen molar-refractivity contribution in [3.05, 3.63) is 34.2 Å². The van der Waals surface area contributed by atoms with E-state index in [2.05, 4.69) is 32.9 Å². The molecule has 0 aliphatic rings. The molecule has 0 fully saturated rings. The van der Waals surface area contributed by atoms with E-state index < -0.39 is 0 Å². The van der Waals surface area contributed by atoms with Crippen molar-refractivity contribution in [2.45, 2.75) is 0 Å². The van der Waals surface area contributed by atoms with Crippen LogP contribution < -0.4 is 24.3 Å². The first-order chi connectivity index (χ1) is 11.6. The molecule has 8 heteroatoms. The summed E-state index contributed by atoms with van der Waals surface area (Å²) in [6.07, 6.45) is 1.56. The predicted molar refractivity (Wildman–Crippen MR) is 97.2 cm³/mol. The molecule has 2 rings (SSSR count). The molecule has 1 N–H and O–H groups in total. The minimum atomic E-state index is -0.317. The average molecular weight is 444 g/mol. The van der Waals surface area contributed by atoms with E-state index in [0.29, 0.717) is 28.7 Å². The van der Waals surface area contributed by atoms with Gasteiger partial charge in [-0.3, -0.25) is 4.79 Å². The van der Waals surface area contributed by atoms with E-state index >= 15 is 0 Å². The van der Waals surface area contributed by atoms with E-state index in [0.717, 1.165) is 3.70 Å². The second kappa shape index (κ2) is 8.57. The molecule has 2 aromatic rings. The summed E-state index contributed by atoms with van der Waals surface area (Å²) in [6.45, 7) is -0.140. The minimum Gasteiger partial charge on any atom is -0.493 e. The third-order valence-corrected chi connectivity index (χ3v) is 3.66. The van der Waals surface area contributed by atoms with E-state index in [1.165, 1.54) is 21.3 Å². The van der Waals surface area contributed by atoms with Crippen LogP contribution in [-0.2, 0) is 4.79 Å². The Morgan fingerprint density at radius 3 is 2.29 bits per heavy atom. The zero-order chi connectivity index (χ0) is 17.5. The molecule has 24 heavy (non-hydrogen) atoms. The van der Waals surface area contributed by atoms with Gasteiger partial charge in [0.25, 0.3) is 5.91 Å². The highest BCUT2D eigenvalue weighted by Crippen LogP contribution is 2.39. The highest BCUT2D eigenvalue weighted by Gasteiger charge is 2.14. The van der Waals surface area contributed by atoms with Gasteiger partial charge in [0, 0.05) is 17.8 Å². The van der Waals surface area contributed by atoms with Crippen molar-refractivity contribution in [3.63, 3.8) is 0 Å². The molecule has 0 radical (unpaired) electrons. The van der Waals surface area contributed by atoms with Crippen molar-refractivity contribution >= 4 is 34.2 Å². The van der Waals surface area contributed by atoms with E-state index in [4.69, 9.17) is 18.9 Å². The maximum absolute atomic E-state index is 12.0. The molecule has 0 spiro atoms. The van der Waals surface area contributed by atoms with E-state index in [9.17, 15) is 4.79 Å². The standard InChI is InChI=1S/C16H17IN2O5/c1-21-12-6-10(7-13(22-2)16(12)23-3)19-15(20)9-24-11-4-5-14(17)18-8-11/h4-8H,9H2,1-3H3,(H,19,20). The number of carbonyl (C=O) groups excluding carboxylic acids is 1. The number of anilines is 1. The lowest BCUT2D eigenvalue weighted by Crippen LogP contribution is -2.20. The fourth-order valence-electron chi connectivity index (χ4n) is 1.95. The molecule has 1 aromatic heterocycles. The number of amides is 1. The number of aromatic nitrogens is 1. The summed E-state index contributed by atoms with van der Waals surface area (Å²) in [5.74, 6) is 1.57. The largest absolute Gasteiger partial charge is 0.493 e. The molecule has 1 aromatic carbocycles. The lowest BCUT2D eigenvalue weighted by molar-refractivity contribution is -0.118. The molecule has 0 aliphatic carbocycles. The number of halogens is 1. The summed E-state index contributed by atoms with van der Waals surface area (Å²) < 4.78 is 22.0. The van der Waals surface area contributed by atoms with Crippen molar-refractivity contribution < 1.29 is 23.7 Å². The van der Waals surface area contributed by atoms with E-state index in [1.54, 1.807) is 30.5 Å². The smallest absolute Gasteiger partial charge is 0.262 e. The summed E-state index contributed by atoms with van der Waals surface area (Å²) in [6, 6.07) is 6.84.